The van der Waals surface area contributed by atoms with Crippen molar-refractivity contribution in [3.63, 3.8) is 0 Å². The van der Waals surface area contributed by atoms with E-state index in [9.17, 15) is 4.79 Å². The van der Waals surface area contributed by atoms with Gasteiger partial charge in [-0.05, 0) is 49.2 Å². The number of rotatable bonds is 4. The monoisotopic (exact) mass is 348 g/mol. The molecule has 5 heteroatoms. The Balaban J connectivity index is 1.62. The number of fused-ring (bicyclic) bond motifs is 1. The highest BCUT2D eigenvalue weighted by atomic mass is 16.1. The molecule has 0 aliphatic carbocycles. The van der Waals surface area contributed by atoms with Crippen LogP contribution in [0.3, 0.4) is 0 Å². The van der Waals surface area contributed by atoms with E-state index in [2.05, 4.69) is 53.1 Å². The number of hydrogen-bond donors (Lipinski definition) is 0. The summed E-state index contributed by atoms with van der Waals surface area (Å²) in [4.78, 5) is 21.6. The topological polar surface area (TPSA) is 40.9 Å². The molecule has 3 aromatic rings. The Labute approximate surface area is 153 Å². The van der Waals surface area contributed by atoms with Gasteiger partial charge in [0, 0.05) is 44.6 Å². The molecular formula is C21H24N4O. The maximum absolute atomic E-state index is 12.3. The number of likely N-dealkylation sites (tertiary alicyclic amines) is 1. The molecule has 2 aromatic heterocycles. The van der Waals surface area contributed by atoms with Gasteiger partial charge in [-0.3, -0.25) is 14.1 Å². The van der Waals surface area contributed by atoms with Gasteiger partial charge in [0.05, 0.1) is 5.69 Å². The molecule has 4 rings (SSSR count). The van der Waals surface area contributed by atoms with Gasteiger partial charge in [-0.15, -0.1) is 0 Å². The normalized spacial score (nSPS) is 17.7. The average molecular weight is 348 g/mol. The number of hydrogen-bond acceptors (Lipinski definition) is 4. The van der Waals surface area contributed by atoms with Crippen molar-refractivity contribution in [2.24, 2.45) is 0 Å². The van der Waals surface area contributed by atoms with Gasteiger partial charge >= 0.3 is 0 Å². The van der Waals surface area contributed by atoms with Crippen molar-refractivity contribution in [3.05, 3.63) is 76.3 Å². The Hall–Kier alpha value is -2.66. The van der Waals surface area contributed by atoms with Crippen LogP contribution in [0, 0.1) is 0 Å². The van der Waals surface area contributed by atoms with Crippen molar-refractivity contribution in [3.8, 4) is 0 Å². The SMILES string of the molecule is CN(C)c1cccc([C@H]2CCCN2Cc2cc(=O)n3ccccc3n2)c1. The van der Waals surface area contributed by atoms with E-state index >= 15 is 0 Å². The third kappa shape index (κ3) is 3.22. The van der Waals surface area contributed by atoms with E-state index in [1.807, 2.05) is 18.2 Å². The van der Waals surface area contributed by atoms with Crippen LogP contribution in [0.2, 0.25) is 0 Å². The lowest BCUT2D eigenvalue weighted by molar-refractivity contribution is 0.245. The Bertz CT molecular complexity index is 979. The summed E-state index contributed by atoms with van der Waals surface area (Å²) < 4.78 is 1.59. The molecule has 0 spiro atoms. The zero-order chi connectivity index (χ0) is 18.1. The Morgan fingerprint density at radius 1 is 1.15 bits per heavy atom. The van der Waals surface area contributed by atoms with Crippen LogP contribution in [0.15, 0.2) is 59.5 Å². The summed E-state index contributed by atoms with van der Waals surface area (Å²) in [6.45, 7) is 1.74. The molecule has 0 amide bonds. The zero-order valence-electron chi connectivity index (χ0n) is 15.3. The van der Waals surface area contributed by atoms with Crippen molar-refractivity contribution in [2.75, 3.05) is 25.5 Å². The molecule has 0 N–H and O–H groups in total. The summed E-state index contributed by atoms with van der Waals surface area (Å²) in [6.07, 6.45) is 4.08. The molecule has 1 atom stereocenters. The Morgan fingerprint density at radius 3 is 2.88 bits per heavy atom. The van der Waals surface area contributed by atoms with Crippen LogP contribution in [-0.4, -0.2) is 34.9 Å². The van der Waals surface area contributed by atoms with Gasteiger partial charge in [-0.2, -0.15) is 0 Å². The van der Waals surface area contributed by atoms with Crippen LogP contribution in [0.4, 0.5) is 5.69 Å². The molecular weight excluding hydrogens is 324 g/mol. The second-order valence-electron chi connectivity index (χ2n) is 7.13. The lowest BCUT2D eigenvalue weighted by Gasteiger charge is -2.25. The fourth-order valence-electron chi connectivity index (χ4n) is 3.80. The van der Waals surface area contributed by atoms with E-state index in [1.165, 1.54) is 17.7 Å². The summed E-state index contributed by atoms with van der Waals surface area (Å²) in [6, 6.07) is 16.4. The number of anilines is 1. The number of benzene rings is 1. The minimum atomic E-state index is -0.0176. The van der Waals surface area contributed by atoms with E-state index < -0.39 is 0 Å². The molecule has 134 valence electrons. The highest BCUT2D eigenvalue weighted by molar-refractivity contribution is 5.48. The van der Waals surface area contributed by atoms with Crippen LogP contribution in [0.25, 0.3) is 5.65 Å². The first-order valence-electron chi connectivity index (χ1n) is 9.10. The van der Waals surface area contributed by atoms with Gasteiger partial charge in [0.25, 0.3) is 5.56 Å². The largest absolute Gasteiger partial charge is 0.378 e. The van der Waals surface area contributed by atoms with Crippen molar-refractivity contribution in [1.82, 2.24) is 14.3 Å². The first-order chi connectivity index (χ1) is 12.6. The maximum Gasteiger partial charge on any atom is 0.258 e. The van der Waals surface area contributed by atoms with Gasteiger partial charge in [0.15, 0.2) is 0 Å². The standard InChI is InChI=1S/C21H24N4O/c1-23(2)18-8-5-7-16(13-18)19-9-6-11-24(19)15-17-14-21(26)25-12-4-3-10-20(25)22-17/h3-5,7-8,10,12-14,19H,6,9,11,15H2,1-2H3/t19-/m1/s1. The second-order valence-corrected chi connectivity index (χ2v) is 7.13. The lowest BCUT2D eigenvalue weighted by atomic mass is 10.0. The lowest BCUT2D eigenvalue weighted by Crippen LogP contribution is -2.25. The fraction of sp³-hybridized carbons (Fsp3) is 0.333. The molecule has 1 aliphatic rings. The van der Waals surface area contributed by atoms with Crippen molar-refractivity contribution >= 4 is 11.3 Å². The zero-order valence-corrected chi connectivity index (χ0v) is 15.3. The maximum atomic E-state index is 12.3. The summed E-state index contributed by atoms with van der Waals surface area (Å²) in [7, 11) is 4.13. The van der Waals surface area contributed by atoms with Gasteiger partial charge in [0.1, 0.15) is 5.65 Å². The molecule has 0 bridgehead atoms. The van der Waals surface area contributed by atoms with Gasteiger partial charge in [0.2, 0.25) is 0 Å². The van der Waals surface area contributed by atoms with Gasteiger partial charge < -0.3 is 4.90 Å². The summed E-state index contributed by atoms with van der Waals surface area (Å²) in [5, 5.41) is 0. The van der Waals surface area contributed by atoms with E-state index in [4.69, 9.17) is 0 Å². The fourth-order valence-corrected chi connectivity index (χ4v) is 3.80. The van der Waals surface area contributed by atoms with Crippen LogP contribution in [-0.2, 0) is 6.54 Å². The molecule has 5 nitrogen and oxygen atoms in total. The van der Waals surface area contributed by atoms with Crippen LogP contribution >= 0.6 is 0 Å². The predicted molar refractivity (Wildman–Crippen MR) is 105 cm³/mol. The first-order valence-corrected chi connectivity index (χ1v) is 9.10. The van der Waals surface area contributed by atoms with E-state index in [1.54, 1.807) is 16.7 Å². The minimum Gasteiger partial charge on any atom is -0.378 e. The van der Waals surface area contributed by atoms with Crippen LogP contribution in [0.5, 0.6) is 0 Å². The van der Waals surface area contributed by atoms with Gasteiger partial charge in [-0.25, -0.2) is 4.98 Å². The van der Waals surface area contributed by atoms with Crippen LogP contribution < -0.4 is 10.5 Å². The summed E-state index contributed by atoms with van der Waals surface area (Å²) in [5.41, 5.74) is 4.09. The average Bonchev–Trinajstić information content (AvgIpc) is 3.10. The van der Waals surface area contributed by atoms with Crippen LogP contribution in [0.1, 0.15) is 30.1 Å². The number of aromatic nitrogens is 2. The predicted octanol–water partition coefficient (Wildman–Crippen LogP) is 3.10. The Kier molecular flexibility index (Phi) is 4.47. The molecule has 1 aliphatic heterocycles. The highest BCUT2D eigenvalue weighted by Crippen LogP contribution is 2.34. The van der Waals surface area contributed by atoms with Crippen molar-refractivity contribution < 1.29 is 0 Å². The Morgan fingerprint density at radius 2 is 2.04 bits per heavy atom. The third-order valence-electron chi connectivity index (χ3n) is 5.12. The smallest absolute Gasteiger partial charge is 0.258 e. The third-order valence-corrected chi connectivity index (χ3v) is 5.12. The quantitative estimate of drug-likeness (QED) is 0.726. The summed E-state index contributed by atoms with van der Waals surface area (Å²) in [5.74, 6) is 0. The van der Waals surface area contributed by atoms with Crippen molar-refractivity contribution in [1.29, 1.82) is 0 Å². The molecule has 26 heavy (non-hydrogen) atoms. The highest BCUT2D eigenvalue weighted by Gasteiger charge is 2.26. The molecule has 0 radical (unpaired) electrons. The molecule has 0 unspecified atom stereocenters. The first kappa shape index (κ1) is 16.8. The molecule has 1 fully saturated rings. The van der Waals surface area contributed by atoms with E-state index in [-0.39, 0.29) is 5.56 Å². The number of pyridine rings is 1. The second kappa shape index (κ2) is 6.92. The number of nitrogens with zero attached hydrogens (tertiary/aromatic N) is 4. The minimum absolute atomic E-state index is 0.0176. The van der Waals surface area contributed by atoms with E-state index in [0.717, 1.165) is 18.7 Å². The van der Waals surface area contributed by atoms with Gasteiger partial charge in [-0.1, -0.05) is 18.2 Å². The van der Waals surface area contributed by atoms with Crippen molar-refractivity contribution in [2.45, 2.75) is 25.4 Å². The molecule has 1 saturated heterocycles. The molecule has 1 aromatic carbocycles. The summed E-state index contributed by atoms with van der Waals surface area (Å²) >= 11 is 0. The molecule has 0 saturated carbocycles. The van der Waals surface area contributed by atoms with E-state index in [0.29, 0.717) is 18.2 Å². The molecule has 3 heterocycles.